The fourth-order valence-electron chi connectivity index (χ4n) is 0. The van der Waals surface area contributed by atoms with Gasteiger partial charge in [0.05, 0.1) is 0 Å². The fourth-order valence-corrected chi connectivity index (χ4v) is 0. The molecule has 2 nitrogen and oxygen atoms in total. The zero-order valence-electron chi connectivity index (χ0n) is 4.02. The molecule has 0 heterocycles. The fraction of sp³-hybridized carbons (Fsp3) is 1.00. The van der Waals surface area contributed by atoms with Crippen LogP contribution < -0.4 is 0 Å². The van der Waals surface area contributed by atoms with Crippen LogP contribution in [0.1, 0.15) is 20.3 Å². The van der Waals surface area contributed by atoms with Crippen LogP contribution in [0.25, 0.3) is 0 Å². The van der Waals surface area contributed by atoms with E-state index in [1.165, 1.54) is 0 Å². The molecule has 0 amide bonds. The topological polar surface area (TPSA) is 39.8 Å². The highest BCUT2D eigenvalue weighted by Crippen LogP contribution is 2.02. The lowest BCUT2D eigenvalue weighted by molar-refractivity contribution is -0.231. The Hall–Kier alpha value is -0.0800. The van der Waals surface area contributed by atoms with Crippen LogP contribution >= 0.6 is 0 Å². The van der Waals surface area contributed by atoms with Crippen molar-refractivity contribution >= 4 is 0 Å². The van der Waals surface area contributed by atoms with Crippen LogP contribution in [0.4, 0.5) is 0 Å². The summed E-state index contributed by atoms with van der Waals surface area (Å²) < 4.78 is 0. The van der Waals surface area contributed by atoms with Crippen molar-refractivity contribution in [3.05, 3.63) is 0 Å². The summed E-state index contributed by atoms with van der Waals surface area (Å²) in [6.07, 6.45) is 0.160. The van der Waals surface area contributed by atoms with Crippen LogP contribution in [0, 0.1) is 0 Å². The first-order chi connectivity index (χ1) is 2.56. The minimum absolute atomic E-state index is 0.160. The van der Waals surface area contributed by atoms with Gasteiger partial charge in [-0.1, -0.05) is 6.92 Å². The van der Waals surface area contributed by atoms with Crippen LogP contribution in [0.2, 0.25) is 0 Å². The first-order valence-electron chi connectivity index (χ1n) is 1.97. The first-order valence-corrected chi connectivity index (χ1v) is 1.97. The summed E-state index contributed by atoms with van der Waals surface area (Å²) in [5.74, 6) is -1.96. The van der Waals surface area contributed by atoms with E-state index in [4.69, 9.17) is 0 Å². The van der Waals surface area contributed by atoms with Crippen LogP contribution in [-0.2, 0) is 10.2 Å². The lowest BCUT2D eigenvalue weighted by Gasteiger charge is -2.02. The zero-order chi connectivity index (χ0) is 5.21. The van der Waals surface area contributed by atoms with E-state index in [0.717, 1.165) is 6.92 Å². The number of hydrogen-bond donors (Lipinski definition) is 0. The molecule has 0 saturated carbocycles. The largest absolute Gasteiger partial charge is 0.231 e. The Labute approximate surface area is 37.4 Å². The smallest absolute Gasteiger partial charge is 0.195 e. The standard InChI is InChI=1S/C4H8O2/c1-3-4(2,5)6/h3H2,1-2H3. The van der Waals surface area contributed by atoms with Crippen molar-refractivity contribution in [1.82, 2.24) is 0 Å². The van der Waals surface area contributed by atoms with Gasteiger partial charge in [-0.25, -0.2) is 0 Å². The van der Waals surface area contributed by atoms with Gasteiger partial charge in [-0.05, 0) is 6.92 Å². The molecular formula is C4H8O2. The van der Waals surface area contributed by atoms with Crippen molar-refractivity contribution < 1.29 is 10.2 Å². The van der Waals surface area contributed by atoms with E-state index >= 15 is 0 Å². The van der Waals surface area contributed by atoms with E-state index in [0.29, 0.717) is 0 Å². The van der Waals surface area contributed by atoms with E-state index in [2.05, 4.69) is 0 Å². The summed E-state index contributed by atoms with van der Waals surface area (Å²) in [5.41, 5.74) is 0. The SMILES string of the molecule is CCC(C)([O])[O]. The third-order valence-corrected chi connectivity index (χ3v) is 0.642. The van der Waals surface area contributed by atoms with E-state index in [-0.39, 0.29) is 6.42 Å². The Morgan fingerprint density at radius 3 is 1.67 bits per heavy atom. The predicted octanol–water partition coefficient (Wildman–Crippen LogP) is 0.974. The van der Waals surface area contributed by atoms with Crippen molar-refractivity contribution in [2.75, 3.05) is 0 Å². The average molecular weight is 88.1 g/mol. The van der Waals surface area contributed by atoms with Gasteiger partial charge < -0.3 is 0 Å². The lowest BCUT2D eigenvalue weighted by Crippen LogP contribution is -2.16. The van der Waals surface area contributed by atoms with Gasteiger partial charge in [-0.3, -0.25) is 0 Å². The van der Waals surface area contributed by atoms with Crippen LogP contribution in [0.15, 0.2) is 0 Å². The van der Waals surface area contributed by atoms with Crippen molar-refractivity contribution in [3.63, 3.8) is 0 Å². The zero-order valence-corrected chi connectivity index (χ0v) is 4.02. The third-order valence-electron chi connectivity index (χ3n) is 0.642. The van der Waals surface area contributed by atoms with Crippen LogP contribution in [0.3, 0.4) is 0 Å². The monoisotopic (exact) mass is 88.1 g/mol. The molecule has 0 aliphatic heterocycles. The molecule has 0 fully saturated rings. The molecule has 0 rings (SSSR count). The maximum absolute atomic E-state index is 9.92. The normalized spacial score (nSPS) is 12.0. The molecule has 0 spiro atoms. The van der Waals surface area contributed by atoms with Crippen molar-refractivity contribution in [3.8, 4) is 0 Å². The minimum Gasteiger partial charge on any atom is -0.195 e. The van der Waals surface area contributed by atoms with Gasteiger partial charge in [0.2, 0.25) is 5.79 Å². The molecule has 0 N–H and O–H groups in total. The van der Waals surface area contributed by atoms with E-state index in [1.54, 1.807) is 6.92 Å². The van der Waals surface area contributed by atoms with Crippen LogP contribution in [0.5, 0.6) is 0 Å². The Balaban J connectivity index is 3.17. The molecule has 0 aliphatic carbocycles. The molecule has 2 heteroatoms. The average Bonchev–Trinajstić information content (AvgIpc) is 1.35. The highest BCUT2D eigenvalue weighted by atomic mass is 16.5. The van der Waals surface area contributed by atoms with E-state index in [9.17, 15) is 10.2 Å². The van der Waals surface area contributed by atoms with E-state index < -0.39 is 5.79 Å². The molecule has 0 aromatic carbocycles. The van der Waals surface area contributed by atoms with Crippen molar-refractivity contribution in [2.45, 2.75) is 26.1 Å². The second kappa shape index (κ2) is 1.58. The second-order valence-electron chi connectivity index (χ2n) is 1.49. The van der Waals surface area contributed by atoms with Crippen molar-refractivity contribution in [1.29, 1.82) is 0 Å². The molecule has 0 atom stereocenters. The summed E-state index contributed by atoms with van der Waals surface area (Å²) in [5, 5.41) is 19.8. The molecule has 0 aliphatic rings. The summed E-state index contributed by atoms with van der Waals surface area (Å²) in [6.45, 7) is 2.72. The molecule has 0 bridgehead atoms. The van der Waals surface area contributed by atoms with Gasteiger partial charge >= 0.3 is 0 Å². The van der Waals surface area contributed by atoms with Crippen LogP contribution in [-0.4, -0.2) is 5.79 Å². The van der Waals surface area contributed by atoms with Gasteiger partial charge in [0.15, 0.2) is 0 Å². The van der Waals surface area contributed by atoms with Gasteiger partial charge in [-0.2, -0.15) is 10.2 Å². The summed E-state index contributed by atoms with van der Waals surface area (Å²) in [6, 6.07) is 0. The maximum atomic E-state index is 9.92. The van der Waals surface area contributed by atoms with E-state index in [1.807, 2.05) is 0 Å². The minimum atomic E-state index is -1.96. The molecule has 0 aromatic heterocycles. The van der Waals surface area contributed by atoms with Gasteiger partial charge in [0, 0.05) is 6.42 Å². The lowest BCUT2D eigenvalue weighted by atomic mass is 10.3. The first kappa shape index (κ1) is 5.92. The van der Waals surface area contributed by atoms with Gasteiger partial charge in [0.1, 0.15) is 0 Å². The number of hydrogen-bond acceptors (Lipinski definition) is 0. The van der Waals surface area contributed by atoms with Crippen molar-refractivity contribution in [2.24, 2.45) is 0 Å². The molecule has 0 unspecified atom stereocenters. The summed E-state index contributed by atoms with van der Waals surface area (Å²) in [4.78, 5) is 0. The highest BCUT2D eigenvalue weighted by molar-refractivity contribution is 4.46. The quantitative estimate of drug-likeness (QED) is 0.428. The molecule has 2 radical (unpaired) electrons. The Bertz CT molecular complexity index is 35.3. The molecule has 36 valence electrons. The third kappa shape index (κ3) is 3.92. The Morgan fingerprint density at radius 2 is 1.67 bits per heavy atom. The maximum Gasteiger partial charge on any atom is 0.231 e. The second-order valence-corrected chi connectivity index (χ2v) is 1.49. The van der Waals surface area contributed by atoms with Gasteiger partial charge in [0.25, 0.3) is 0 Å². The summed E-state index contributed by atoms with van der Waals surface area (Å²) in [7, 11) is 0. The molecular weight excluding hydrogens is 80.0 g/mol. The predicted molar refractivity (Wildman–Crippen MR) is 20.1 cm³/mol. The summed E-state index contributed by atoms with van der Waals surface area (Å²) >= 11 is 0. The Kier molecular flexibility index (Phi) is 1.56. The van der Waals surface area contributed by atoms with Gasteiger partial charge in [-0.15, -0.1) is 0 Å². The molecule has 6 heavy (non-hydrogen) atoms. The molecule has 0 aromatic rings. The number of rotatable bonds is 1. The Morgan fingerprint density at radius 1 is 1.50 bits per heavy atom. The highest BCUT2D eigenvalue weighted by Gasteiger charge is 2.15. The molecule has 0 saturated heterocycles.